The second kappa shape index (κ2) is 7.10. The molecular weight excluding hydrogens is 324 g/mol. The summed E-state index contributed by atoms with van der Waals surface area (Å²) in [6, 6.07) is 4.30. The summed E-state index contributed by atoms with van der Waals surface area (Å²) in [7, 11) is 1.73. The zero-order valence-corrected chi connectivity index (χ0v) is 15.9. The minimum atomic E-state index is 0.808. The lowest BCUT2D eigenvalue weighted by Crippen LogP contribution is -1.99. The monoisotopic (exact) mass is 350 g/mol. The molecule has 4 heteroatoms. The van der Waals surface area contributed by atoms with E-state index in [9.17, 15) is 0 Å². The van der Waals surface area contributed by atoms with Crippen LogP contribution in [0.1, 0.15) is 54.7 Å². The summed E-state index contributed by atoms with van der Waals surface area (Å²) >= 11 is 0. The molecule has 1 aliphatic carbocycles. The van der Waals surface area contributed by atoms with Crippen molar-refractivity contribution in [3.63, 3.8) is 0 Å². The van der Waals surface area contributed by atoms with Crippen LogP contribution in [0.15, 0.2) is 22.9 Å². The highest BCUT2D eigenvalue weighted by molar-refractivity contribution is 5.91. The van der Waals surface area contributed by atoms with Gasteiger partial charge in [-0.3, -0.25) is 4.98 Å². The molecule has 1 aliphatic rings. The standard InChI is InChI=1S/C22H26N2O2/c1-14-22(15(2)26-24-14)19-11-20-18(12-21(19)25-3)17-10-8-6-4-5-7-9-16(17)13-23-20/h11-13H,4-10H2,1-3H3. The Hall–Kier alpha value is -2.36. The fourth-order valence-corrected chi connectivity index (χ4v) is 4.21. The van der Waals surface area contributed by atoms with Crippen LogP contribution >= 0.6 is 0 Å². The maximum Gasteiger partial charge on any atom is 0.141 e. The van der Waals surface area contributed by atoms with Gasteiger partial charge in [0.15, 0.2) is 0 Å². The molecule has 26 heavy (non-hydrogen) atoms. The van der Waals surface area contributed by atoms with E-state index >= 15 is 0 Å². The van der Waals surface area contributed by atoms with Gasteiger partial charge in [-0.15, -0.1) is 0 Å². The van der Waals surface area contributed by atoms with Crippen molar-refractivity contribution in [2.75, 3.05) is 7.11 Å². The summed E-state index contributed by atoms with van der Waals surface area (Å²) in [6.07, 6.45) is 10.8. The van der Waals surface area contributed by atoms with E-state index < -0.39 is 0 Å². The topological polar surface area (TPSA) is 48.2 Å². The zero-order chi connectivity index (χ0) is 18.1. The molecule has 0 bridgehead atoms. The Morgan fingerprint density at radius 1 is 1.00 bits per heavy atom. The van der Waals surface area contributed by atoms with Crippen molar-refractivity contribution in [2.45, 2.75) is 58.8 Å². The van der Waals surface area contributed by atoms with Gasteiger partial charge in [0.2, 0.25) is 0 Å². The molecule has 0 amide bonds. The third-order valence-electron chi connectivity index (χ3n) is 5.57. The Labute approximate surface area is 154 Å². The van der Waals surface area contributed by atoms with Gasteiger partial charge < -0.3 is 9.26 Å². The number of benzene rings is 1. The van der Waals surface area contributed by atoms with E-state index in [-0.39, 0.29) is 0 Å². The van der Waals surface area contributed by atoms with Crippen LogP contribution in [0.3, 0.4) is 0 Å². The van der Waals surface area contributed by atoms with Gasteiger partial charge in [0, 0.05) is 17.1 Å². The van der Waals surface area contributed by atoms with Gasteiger partial charge >= 0.3 is 0 Å². The maximum atomic E-state index is 5.76. The summed E-state index contributed by atoms with van der Waals surface area (Å²) in [5, 5.41) is 5.33. The Balaban J connectivity index is 1.92. The van der Waals surface area contributed by atoms with Gasteiger partial charge in [0.25, 0.3) is 0 Å². The summed E-state index contributed by atoms with van der Waals surface area (Å²) in [5.74, 6) is 1.67. The Bertz CT molecular complexity index is 923. The van der Waals surface area contributed by atoms with Crippen molar-refractivity contribution in [3.05, 3.63) is 40.9 Å². The van der Waals surface area contributed by atoms with Gasteiger partial charge in [-0.2, -0.15) is 0 Å². The smallest absolute Gasteiger partial charge is 0.141 e. The summed E-state index contributed by atoms with van der Waals surface area (Å²) in [6.45, 7) is 3.91. The van der Waals surface area contributed by atoms with Crippen molar-refractivity contribution in [1.82, 2.24) is 10.1 Å². The van der Waals surface area contributed by atoms with E-state index in [4.69, 9.17) is 14.2 Å². The van der Waals surface area contributed by atoms with Crippen LogP contribution in [0.4, 0.5) is 0 Å². The zero-order valence-electron chi connectivity index (χ0n) is 15.9. The van der Waals surface area contributed by atoms with Crippen molar-refractivity contribution in [1.29, 1.82) is 0 Å². The van der Waals surface area contributed by atoms with Crippen LogP contribution < -0.4 is 4.74 Å². The molecule has 136 valence electrons. The van der Waals surface area contributed by atoms with Crippen LogP contribution in [0.2, 0.25) is 0 Å². The number of fused-ring (bicyclic) bond motifs is 3. The highest BCUT2D eigenvalue weighted by Gasteiger charge is 2.19. The molecule has 0 unspecified atom stereocenters. The highest BCUT2D eigenvalue weighted by atomic mass is 16.5. The summed E-state index contributed by atoms with van der Waals surface area (Å²) < 4.78 is 11.1. The van der Waals surface area contributed by atoms with E-state index in [1.54, 1.807) is 7.11 Å². The second-order valence-corrected chi connectivity index (χ2v) is 7.30. The summed E-state index contributed by atoms with van der Waals surface area (Å²) in [4.78, 5) is 4.80. The Kier molecular flexibility index (Phi) is 4.66. The molecule has 0 aliphatic heterocycles. The predicted octanol–water partition coefficient (Wildman–Crippen LogP) is 5.56. The number of nitrogens with zero attached hydrogens (tertiary/aromatic N) is 2. The van der Waals surface area contributed by atoms with Crippen molar-refractivity contribution in [2.24, 2.45) is 0 Å². The number of hydrogen-bond acceptors (Lipinski definition) is 4. The van der Waals surface area contributed by atoms with Crippen LogP contribution in [0.5, 0.6) is 5.75 Å². The number of ether oxygens (including phenoxy) is 1. The lowest BCUT2D eigenvalue weighted by atomic mass is 9.94. The number of hydrogen-bond donors (Lipinski definition) is 0. The SMILES string of the molecule is COc1cc2c3c(cnc2cc1-c1c(C)noc1C)CCCCCCC3. The first-order valence-corrected chi connectivity index (χ1v) is 9.60. The lowest BCUT2D eigenvalue weighted by Gasteiger charge is -2.15. The predicted molar refractivity (Wildman–Crippen MR) is 104 cm³/mol. The second-order valence-electron chi connectivity index (χ2n) is 7.30. The van der Waals surface area contributed by atoms with Gasteiger partial charge in [-0.05, 0) is 62.8 Å². The molecule has 0 radical (unpaired) electrons. The largest absolute Gasteiger partial charge is 0.496 e. The molecule has 4 nitrogen and oxygen atoms in total. The molecule has 0 N–H and O–H groups in total. The Morgan fingerprint density at radius 2 is 1.77 bits per heavy atom. The van der Waals surface area contributed by atoms with Gasteiger partial charge in [-0.25, -0.2) is 0 Å². The molecule has 0 fully saturated rings. The number of methoxy groups -OCH3 is 1. The third kappa shape index (κ3) is 2.98. The number of pyridine rings is 1. The van der Waals surface area contributed by atoms with Gasteiger partial charge in [0.05, 0.1) is 23.9 Å². The molecule has 0 saturated carbocycles. The first-order chi connectivity index (χ1) is 12.7. The summed E-state index contributed by atoms with van der Waals surface area (Å²) in [5.41, 5.74) is 6.79. The van der Waals surface area contributed by atoms with Crippen molar-refractivity contribution >= 4 is 10.9 Å². The van der Waals surface area contributed by atoms with E-state index in [1.165, 1.54) is 48.6 Å². The fourth-order valence-electron chi connectivity index (χ4n) is 4.21. The van der Waals surface area contributed by atoms with Crippen LogP contribution in [0, 0.1) is 13.8 Å². The normalized spacial score (nSPS) is 15.2. The molecule has 2 heterocycles. The number of aromatic nitrogens is 2. The molecule has 3 aromatic rings. The highest BCUT2D eigenvalue weighted by Crippen LogP contribution is 2.39. The quantitative estimate of drug-likeness (QED) is 0.607. The van der Waals surface area contributed by atoms with E-state index in [2.05, 4.69) is 23.5 Å². The fraction of sp³-hybridized carbons (Fsp3) is 0.455. The van der Waals surface area contributed by atoms with E-state index in [1.807, 2.05) is 13.8 Å². The van der Waals surface area contributed by atoms with Crippen molar-refractivity contribution in [3.8, 4) is 16.9 Å². The maximum absolute atomic E-state index is 5.76. The van der Waals surface area contributed by atoms with Crippen molar-refractivity contribution < 1.29 is 9.26 Å². The minimum Gasteiger partial charge on any atom is -0.496 e. The van der Waals surface area contributed by atoms with Crippen LogP contribution in [-0.4, -0.2) is 17.3 Å². The molecule has 0 spiro atoms. The molecule has 0 saturated heterocycles. The van der Waals surface area contributed by atoms with E-state index in [0.29, 0.717) is 0 Å². The average molecular weight is 350 g/mol. The third-order valence-corrected chi connectivity index (χ3v) is 5.57. The average Bonchev–Trinajstić information content (AvgIpc) is 3.04. The van der Waals surface area contributed by atoms with Gasteiger partial charge in [-0.1, -0.05) is 24.4 Å². The molecule has 1 aromatic carbocycles. The molecule has 2 aromatic heterocycles. The van der Waals surface area contributed by atoms with E-state index in [0.717, 1.165) is 46.7 Å². The van der Waals surface area contributed by atoms with Crippen LogP contribution in [-0.2, 0) is 12.8 Å². The Morgan fingerprint density at radius 3 is 2.50 bits per heavy atom. The number of aryl methyl sites for hydroxylation is 4. The molecular formula is C22H26N2O2. The first-order valence-electron chi connectivity index (χ1n) is 9.60. The van der Waals surface area contributed by atoms with Gasteiger partial charge in [0.1, 0.15) is 11.5 Å². The lowest BCUT2D eigenvalue weighted by molar-refractivity contribution is 0.393. The first kappa shape index (κ1) is 17.1. The number of rotatable bonds is 2. The molecule has 0 atom stereocenters. The molecule has 4 rings (SSSR count). The van der Waals surface area contributed by atoms with Crippen LogP contribution in [0.25, 0.3) is 22.0 Å². The minimum absolute atomic E-state index is 0.808.